The minimum Gasteiger partial charge on any atom is -0.497 e. The van der Waals surface area contributed by atoms with Gasteiger partial charge in [0.2, 0.25) is 0 Å². The molecule has 25 heavy (non-hydrogen) atoms. The molecule has 1 aromatic carbocycles. The molecule has 2 aromatic rings. The first kappa shape index (κ1) is 17.1. The standard InChI is InChI=1S/C17H23N5O3/c1-23-11-5-6-13(14(8-11)24-2)22-17-15(18)16(20-10-21-17)19-9-12-4-3-7-25-12/h5-6,8,10,12H,3-4,7,9,18H2,1-2H3,(H2,19,20,21,22). The Hall–Kier alpha value is -2.74. The molecule has 0 bridgehead atoms. The van der Waals surface area contributed by atoms with Crippen LogP contribution < -0.4 is 25.8 Å². The molecule has 1 aliphatic heterocycles. The summed E-state index contributed by atoms with van der Waals surface area (Å²) < 4.78 is 16.2. The number of nitrogens with zero attached hydrogens (tertiary/aromatic N) is 2. The molecule has 0 amide bonds. The van der Waals surface area contributed by atoms with E-state index in [-0.39, 0.29) is 6.10 Å². The van der Waals surface area contributed by atoms with Crippen LogP contribution in [0.15, 0.2) is 24.5 Å². The number of nitrogens with one attached hydrogen (secondary N) is 2. The van der Waals surface area contributed by atoms with Crippen molar-refractivity contribution in [2.24, 2.45) is 0 Å². The number of benzene rings is 1. The average Bonchev–Trinajstić information content (AvgIpc) is 3.16. The number of nitrogen functional groups attached to an aromatic ring is 1. The highest BCUT2D eigenvalue weighted by Gasteiger charge is 2.17. The fraction of sp³-hybridized carbons (Fsp3) is 0.412. The molecule has 1 aliphatic rings. The van der Waals surface area contributed by atoms with Crippen molar-refractivity contribution in [2.75, 3.05) is 43.7 Å². The molecule has 8 heteroatoms. The molecule has 0 spiro atoms. The van der Waals surface area contributed by atoms with Gasteiger partial charge in [0, 0.05) is 19.2 Å². The minimum absolute atomic E-state index is 0.201. The zero-order valence-electron chi connectivity index (χ0n) is 14.4. The second kappa shape index (κ2) is 7.89. The van der Waals surface area contributed by atoms with E-state index < -0.39 is 0 Å². The van der Waals surface area contributed by atoms with E-state index >= 15 is 0 Å². The van der Waals surface area contributed by atoms with Crippen LogP contribution in [0.25, 0.3) is 0 Å². The lowest BCUT2D eigenvalue weighted by Crippen LogP contribution is -2.20. The lowest BCUT2D eigenvalue weighted by atomic mass is 10.2. The van der Waals surface area contributed by atoms with Gasteiger partial charge in [-0.15, -0.1) is 0 Å². The monoisotopic (exact) mass is 345 g/mol. The Kier molecular flexibility index (Phi) is 5.39. The van der Waals surface area contributed by atoms with Crippen LogP contribution in [0, 0.1) is 0 Å². The van der Waals surface area contributed by atoms with Crippen LogP contribution in [0.2, 0.25) is 0 Å². The molecule has 1 atom stereocenters. The van der Waals surface area contributed by atoms with Crippen molar-refractivity contribution in [3.8, 4) is 11.5 Å². The van der Waals surface area contributed by atoms with Crippen LogP contribution in [0.1, 0.15) is 12.8 Å². The number of methoxy groups -OCH3 is 2. The van der Waals surface area contributed by atoms with E-state index in [2.05, 4.69) is 20.6 Å². The van der Waals surface area contributed by atoms with Gasteiger partial charge in [0.1, 0.15) is 23.5 Å². The molecule has 0 aliphatic carbocycles. The first-order valence-corrected chi connectivity index (χ1v) is 8.16. The third-order valence-electron chi connectivity index (χ3n) is 4.07. The summed E-state index contributed by atoms with van der Waals surface area (Å²) in [6, 6.07) is 5.47. The summed E-state index contributed by atoms with van der Waals surface area (Å²) in [5.74, 6) is 2.43. The van der Waals surface area contributed by atoms with Crippen LogP contribution in [0.4, 0.5) is 23.0 Å². The molecule has 1 unspecified atom stereocenters. The number of hydrogen-bond acceptors (Lipinski definition) is 8. The summed E-state index contributed by atoms with van der Waals surface area (Å²) >= 11 is 0. The smallest absolute Gasteiger partial charge is 0.159 e. The van der Waals surface area contributed by atoms with Gasteiger partial charge < -0.3 is 30.6 Å². The SMILES string of the molecule is COc1ccc(Nc2ncnc(NCC3CCCO3)c2N)c(OC)c1. The van der Waals surface area contributed by atoms with Crippen LogP contribution in [-0.2, 0) is 4.74 Å². The third kappa shape index (κ3) is 4.03. The summed E-state index contributed by atoms with van der Waals surface area (Å²) in [4.78, 5) is 8.44. The van der Waals surface area contributed by atoms with Crippen molar-refractivity contribution in [3.63, 3.8) is 0 Å². The topological polar surface area (TPSA) is 104 Å². The number of anilines is 4. The van der Waals surface area contributed by atoms with Crippen LogP contribution in [-0.4, -0.2) is 43.4 Å². The number of aromatic nitrogens is 2. The largest absolute Gasteiger partial charge is 0.497 e. The van der Waals surface area contributed by atoms with E-state index in [0.717, 1.165) is 25.1 Å². The quantitative estimate of drug-likeness (QED) is 0.703. The molecule has 1 fully saturated rings. The molecule has 1 aromatic heterocycles. The van der Waals surface area contributed by atoms with Gasteiger partial charge in [-0.05, 0) is 25.0 Å². The number of ether oxygens (including phenoxy) is 3. The van der Waals surface area contributed by atoms with Crippen molar-refractivity contribution < 1.29 is 14.2 Å². The van der Waals surface area contributed by atoms with Gasteiger partial charge in [-0.3, -0.25) is 0 Å². The van der Waals surface area contributed by atoms with Gasteiger partial charge in [-0.1, -0.05) is 0 Å². The molecular weight excluding hydrogens is 322 g/mol. The zero-order valence-corrected chi connectivity index (χ0v) is 14.4. The second-order valence-corrected chi connectivity index (χ2v) is 5.69. The summed E-state index contributed by atoms with van der Waals surface area (Å²) in [5, 5.41) is 6.42. The average molecular weight is 345 g/mol. The van der Waals surface area contributed by atoms with E-state index in [9.17, 15) is 0 Å². The van der Waals surface area contributed by atoms with Crippen LogP contribution in [0.5, 0.6) is 11.5 Å². The predicted octanol–water partition coefficient (Wildman–Crippen LogP) is 2.41. The first-order valence-electron chi connectivity index (χ1n) is 8.16. The normalized spacial score (nSPS) is 16.5. The predicted molar refractivity (Wildman–Crippen MR) is 96.7 cm³/mol. The van der Waals surface area contributed by atoms with E-state index in [0.29, 0.717) is 35.4 Å². The number of hydrogen-bond donors (Lipinski definition) is 3. The number of rotatable bonds is 7. The fourth-order valence-corrected chi connectivity index (χ4v) is 2.68. The van der Waals surface area contributed by atoms with Gasteiger partial charge in [-0.2, -0.15) is 0 Å². The van der Waals surface area contributed by atoms with Crippen LogP contribution in [0.3, 0.4) is 0 Å². The van der Waals surface area contributed by atoms with E-state index in [1.54, 1.807) is 20.3 Å². The van der Waals surface area contributed by atoms with Crippen molar-refractivity contribution >= 4 is 23.0 Å². The molecule has 4 N–H and O–H groups in total. The van der Waals surface area contributed by atoms with Crippen molar-refractivity contribution in [1.82, 2.24) is 9.97 Å². The van der Waals surface area contributed by atoms with Gasteiger partial charge in [0.25, 0.3) is 0 Å². The Labute approximate surface area is 146 Å². The highest BCUT2D eigenvalue weighted by molar-refractivity contribution is 5.79. The second-order valence-electron chi connectivity index (χ2n) is 5.69. The molecule has 3 rings (SSSR count). The zero-order chi connectivity index (χ0) is 17.6. The lowest BCUT2D eigenvalue weighted by Gasteiger charge is -2.16. The maximum atomic E-state index is 6.21. The van der Waals surface area contributed by atoms with E-state index in [1.807, 2.05) is 12.1 Å². The Morgan fingerprint density at radius 1 is 1.24 bits per heavy atom. The maximum absolute atomic E-state index is 6.21. The van der Waals surface area contributed by atoms with E-state index in [4.69, 9.17) is 19.9 Å². The van der Waals surface area contributed by atoms with Gasteiger partial charge in [0.15, 0.2) is 11.6 Å². The van der Waals surface area contributed by atoms with Crippen molar-refractivity contribution in [2.45, 2.75) is 18.9 Å². The minimum atomic E-state index is 0.201. The number of nitrogens with two attached hydrogens (primary N) is 1. The third-order valence-corrected chi connectivity index (χ3v) is 4.07. The Balaban J connectivity index is 1.75. The fourth-order valence-electron chi connectivity index (χ4n) is 2.68. The molecular formula is C17H23N5O3. The van der Waals surface area contributed by atoms with Crippen molar-refractivity contribution in [1.29, 1.82) is 0 Å². The van der Waals surface area contributed by atoms with E-state index in [1.165, 1.54) is 6.33 Å². The highest BCUT2D eigenvalue weighted by atomic mass is 16.5. The van der Waals surface area contributed by atoms with Crippen LogP contribution >= 0.6 is 0 Å². The molecule has 134 valence electrons. The molecule has 0 saturated carbocycles. The molecule has 8 nitrogen and oxygen atoms in total. The summed E-state index contributed by atoms with van der Waals surface area (Å²) in [5.41, 5.74) is 7.39. The van der Waals surface area contributed by atoms with Gasteiger partial charge in [-0.25, -0.2) is 9.97 Å². The Morgan fingerprint density at radius 2 is 2.08 bits per heavy atom. The van der Waals surface area contributed by atoms with Gasteiger partial charge in [0.05, 0.1) is 26.0 Å². The summed E-state index contributed by atoms with van der Waals surface area (Å²) in [7, 11) is 3.20. The lowest BCUT2D eigenvalue weighted by molar-refractivity contribution is 0.120. The molecule has 2 heterocycles. The molecule has 1 saturated heterocycles. The van der Waals surface area contributed by atoms with Gasteiger partial charge >= 0.3 is 0 Å². The first-order chi connectivity index (χ1) is 12.2. The summed E-state index contributed by atoms with van der Waals surface area (Å²) in [6.45, 7) is 1.49. The Morgan fingerprint density at radius 3 is 2.80 bits per heavy atom. The van der Waals surface area contributed by atoms with Crippen molar-refractivity contribution in [3.05, 3.63) is 24.5 Å². The summed E-state index contributed by atoms with van der Waals surface area (Å²) in [6.07, 6.45) is 3.81. The highest BCUT2D eigenvalue weighted by Crippen LogP contribution is 2.33. The Bertz CT molecular complexity index is 719. The maximum Gasteiger partial charge on any atom is 0.159 e. The molecule has 0 radical (unpaired) electrons.